The van der Waals surface area contributed by atoms with Gasteiger partial charge in [-0.1, -0.05) is 6.07 Å². The van der Waals surface area contributed by atoms with Gasteiger partial charge in [0.1, 0.15) is 0 Å². The predicted molar refractivity (Wildman–Crippen MR) is 95.6 cm³/mol. The summed E-state index contributed by atoms with van der Waals surface area (Å²) >= 11 is 0. The topological polar surface area (TPSA) is 71.2 Å². The molecule has 0 atom stereocenters. The largest absolute Gasteiger partial charge is 0.399 e. The second kappa shape index (κ2) is 7.45. The van der Waals surface area contributed by atoms with Crippen molar-refractivity contribution in [1.82, 2.24) is 15.2 Å². The van der Waals surface area contributed by atoms with Crippen molar-refractivity contribution in [2.75, 3.05) is 18.8 Å². The molecule has 0 radical (unpaired) electrons. The number of anilines is 1. The lowest BCUT2D eigenvalue weighted by molar-refractivity contribution is 0.0908. The summed E-state index contributed by atoms with van der Waals surface area (Å²) in [6.45, 7) is 4.86. The van der Waals surface area contributed by atoms with E-state index in [1.807, 2.05) is 31.5 Å². The number of aromatic nitrogens is 1. The molecule has 5 nitrogen and oxygen atoms in total. The number of nitrogens with two attached hydrogens (primary N) is 1. The van der Waals surface area contributed by atoms with Crippen LogP contribution >= 0.6 is 0 Å². The smallest absolute Gasteiger partial charge is 0.251 e. The van der Waals surface area contributed by atoms with Crippen molar-refractivity contribution >= 4 is 11.6 Å². The third-order valence-electron chi connectivity index (χ3n) is 4.58. The Labute approximate surface area is 142 Å². The lowest BCUT2D eigenvalue weighted by Crippen LogP contribution is -2.44. The van der Waals surface area contributed by atoms with Gasteiger partial charge in [0.25, 0.3) is 5.91 Å². The van der Waals surface area contributed by atoms with Gasteiger partial charge in [0.2, 0.25) is 0 Å². The molecule has 3 rings (SSSR count). The number of carbonyl (C=O) groups excluding carboxylic acids is 1. The molecule has 3 N–H and O–H groups in total. The number of hydrogen-bond acceptors (Lipinski definition) is 4. The lowest BCUT2D eigenvalue weighted by atomic mass is 10.0. The first kappa shape index (κ1) is 16.5. The maximum absolute atomic E-state index is 12.5. The van der Waals surface area contributed by atoms with Gasteiger partial charge in [0.05, 0.1) is 0 Å². The molecule has 0 unspecified atom stereocenters. The second-order valence-corrected chi connectivity index (χ2v) is 6.45. The van der Waals surface area contributed by atoms with Crippen LogP contribution in [0.5, 0.6) is 0 Å². The molecule has 1 aromatic carbocycles. The monoisotopic (exact) mass is 324 g/mol. The maximum Gasteiger partial charge on any atom is 0.251 e. The number of aryl methyl sites for hydroxylation is 1. The van der Waals surface area contributed by atoms with Crippen molar-refractivity contribution < 1.29 is 4.79 Å². The van der Waals surface area contributed by atoms with Crippen molar-refractivity contribution in [3.63, 3.8) is 0 Å². The number of likely N-dealkylation sites (tertiary alicyclic amines) is 1. The minimum absolute atomic E-state index is 0.0209. The molecular weight excluding hydrogens is 300 g/mol. The van der Waals surface area contributed by atoms with E-state index >= 15 is 0 Å². The van der Waals surface area contributed by atoms with E-state index in [1.165, 1.54) is 5.56 Å². The number of amides is 1. The number of piperidine rings is 1. The fraction of sp³-hybridized carbons (Fsp3) is 0.368. The molecule has 0 bridgehead atoms. The maximum atomic E-state index is 12.5. The van der Waals surface area contributed by atoms with Crippen LogP contribution in [0, 0.1) is 6.92 Å². The molecular formula is C19H24N4O. The van der Waals surface area contributed by atoms with E-state index in [1.54, 1.807) is 6.07 Å². The van der Waals surface area contributed by atoms with Crippen LogP contribution in [0.2, 0.25) is 0 Å². The van der Waals surface area contributed by atoms with Gasteiger partial charge in [0, 0.05) is 49.3 Å². The summed E-state index contributed by atoms with van der Waals surface area (Å²) in [6.07, 6.45) is 5.60. The molecule has 0 spiro atoms. The average Bonchev–Trinajstić information content (AvgIpc) is 2.59. The number of nitrogens with one attached hydrogen (secondary N) is 1. The Balaban J connectivity index is 1.52. The highest BCUT2D eigenvalue weighted by molar-refractivity contribution is 5.96. The van der Waals surface area contributed by atoms with E-state index in [4.69, 9.17) is 5.73 Å². The van der Waals surface area contributed by atoms with Crippen LogP contribution in [-0.2, 0) is 6.54 Å². The van der Waals surface area contributed by atoms with E-state index in [0.29, 0.717) is 11.3 Å². The SMILES string of the molecule is Cc1ccc(N)cc1C(=O)NC1CCN(Cc2ccncc2)CC1. The van der Waals surface area contributed by atoms with Crippen molar-refractivity contribution in [3.05, 3.63) is 59.4 Å². The highest BCUT2D eigenvalue weighted by atomic mass is 16.1. The Morgan fingerprint density at radius 3 is 2.67 bits per heavy atom. The van der Waals surface area contributed by atoms with Crippen LogP contribution in [0.15, 0.2) is 42.7 Å². The van der Waals surface area contributed by atoms with E-state index in [2.05, 4.69) is 27.3 Å². The molecule has 1 amide bonds. The van der Waals surface area contributed by atoms with Gasteiger partial charge in [-0.05, 0) is 55.2 Å². The number of nitrogen functional groups attached to an aromatic ring is 1. The molecule has 1 aliphatic heterocycles. The Morgan fingerprint density at radius 2 is 1.96 bits per heavy atom. The molecule has 0 saturated carbocycles. The minimum atomic E-state index is -0.0209. The standard InChI is InChI=1S/C19H24N4O/c1-14-2-3-16(20)12-18(14)19(24)22-17-6-10-23(11-7-17)13-15-4-8-21-9-5-15/h2-5,8-9,12,17H,6-7,10-11,13,20H2,1H3,(H,22,24). The van der Waals surface area contributed by atoms with E-state index < -0.39 is 0 Å². The van der Waals surface area contributed by atoms with E-state index in [9.17, 15) is 4.79 Å². The fourth-order valence-corrected chi connectivity index (χ4v) is 3.13. The molecule has 0 aliphatic carbocycles. The van der Waals surface area contributed by atoms with Gasteiger partial charge < -0.3 is 11.1 Å². The summed E-state index contributed by atoms with van der Waals surface area (Å²) < 4.78 is 0. The second-order valence-electron chi connectivity index (χ2n) is 6.45. The van der Waals surface area contributed by atoms with Crippen molar-refractivity contribution in [2.45, 2.75) is 32.4 Å². The number of carbonyl (C=O) groups is 1. The Bertz CT molecular complexity index is 694. The van der Waals surface area contributed by atoms with E-state index in [0.717, 1.165) is 38.0 Å². The van der Waals surface area contributed by atoms with Crippen LogP contribution in [-0.4, -0.2) is 34.9 Å². The van der Waals surface area contributed by atoms with Gasteiger partial charge in [0.15, 0.2) is 0 Å². The molecule has 126 valence electrons. The van der Waals surface area contributed by atoms with Crippen LogP contribution in [0.25, 0.3) is 0 Å². The third kappa shape index (κ3) is 4.11. The third-order valence-corrected chi connectivity index (χ3v) is 4.58. The number of pyridine rings is 1. The predicted octanol–water partition coefficient (Wildman–Crippen LogP) is 2.37. The zero-order valence-corrected chi connectivity index (χ0v) is 14.0. The van der Waals surface area contributed by atoms with Crippen LogP contribution < -0.4 is 11.1 Å². The normalized spacial score (nSPS) is 16.0. The van der Waals surface area contributed by atoms with Crippen molar-refractivity contribution in [2.24, 2.45) is 0 Å². The molecule has 24 heavy (non-hydrogen) atoms. The first-order valence-electron chi connectivity index (χ1n) is 8.40. The van der Waals surface area contributed by atoms with E-state index in [-0.39, 0.29) is 11.9 Å². The summed E-state index contributed by atoms with van der Waals surface area (Å²) in [5.74, 6) is -0.0209. The Morgan fingerprint density at radius 1 is 1.25 bits per heavy atom. The molecule has 1 fully saturated rings. The highest BCUT2D eigenvalue weighted by Gasteiger charge is 2.21. The Hall–Kier alpha value is -2.40. The molecule has 1 aromatic heterocycles. The fourth-order valence-electron chi connectivity index (χ4n) is 3.13. The van der Waals surface area contributed by atoms with Crippen LogP contribution in [0.1, 0.15) is 34.3 Å². The summed E-state index contributed by atoms with van der Waals surface area (Å²) in [5, 5.41) is 3.16. The van der Waals surface area contributed by atoms with Crippen molar-refractivity contribution in [1.29, 1.82) is 0 Å². The first-order valence-corrected chi connectivity index (χ1v) is 8.40. The molecule has 1 aliphatic rings. The number of rotatable bonds is 4. The van der Waals surface area contributed by atoms with Crippen molar-refractivity contribution in [3.8, 4) is 0 Å². The summed E-state index contributed by atoms with van der Waals surface area (Å²) in [6, 6.07) is 9.80. The summed E-state index contributed by atoms with van der Waals surface area (Å²) in [5.41, 5.74) is 9.33. The van der Waals surface area contributed by atoms with Gasteiger partial charge >= 0.3 is 0 Å². The first-order chi connectivity index (χ1) is 11.6. The van der Waals surface area contributed by atoms with Crippen LogP contribution in [0.3, 0.4) is 0 Å². The minimum Gasteiger partial charge on any atom is -0.399 e. The molecule has 5 heteroatoms. The average molecular weight is 324 g/mol. The van der Waals surface area contributed by atoms with Gasteiger partial charge in [-0.2, -0.15) is 0 Å². The number of nitrogens with zero attached hydrogens (tertiary/aromatic N) is 2. The Kier molecular flexibility index (Phi) is 5.11. The van der Waals surface area contributed by atoms with Gasteiger partial charge in [-0.3, -0.25) is 14.7 Å². The summed E-state index contributed by atoms with van der Waals surface area (Å²) in [7, 11) is 0. The highest BCUT2D eigenvalue weighted by Crippen LogP contribution is 2.16. The lowest BCUT2D eigenvalue weighted by Gasteiger charge is -2.32. The zero-order valence-electron chi connectivity index (χ0n) is 14.0. The number of hydrogen-bond donors (Lipinski definition) is 2. The zero-order chi connectivity index (χ0) is 16.9. The van der Waals surface area contributed by atoms with Crippen LogP contribution in [0.4, 0.5) is 5.69 Å². The molecule has 2 heterocycles. The quantitative estimate of drug-likeness (QED) is 0.847. The molecule has 2 aromatic rings. The van der Waals surface area contributed by atoms with Gasteiger partial charge in [-0.15, -0.1) is 0 Å². The molecule has 1 saturated heterocycles. The van der Waals surface area contributed by atoms with Gasteiger partial charge in [-0.25, -0.2) is 0 Å². The number of benzene rings is 1. The summed E-state index contributed by atoms with van der Waals surface area (Å²) in [4.78, 5) is 18.9.